The van der Waals surface area contributed by atoms with E-state index < -0.39 is 0 Å². The number of carbonyl (C=O) groups is 1. The van der Waals surface area contributed by atoms with E-state index in [9.17, 15) is 4.79 Å². The van der Waals surface area contributed by atoms with Crippen molar-refractivity contribution in [2.45, 2.75) is 12.3 Å². The predicted octanol–water partition coefficient (Wildman–Crippen LogP) is 6.91. The maximum atomic E-state index is 13.1. The molecule has 0 bridgehead atoms. The molecule has 0 N–H and O–H groups in total. The lowest BCUT2D eigenvalue weighted by molar-refractivity contribution is 0.103. The topological polar surface area (TPSA) is 17.1 Å². The summed E-state index contributed by atoms with van der Waals surface area (Å²) in [6, 6.07) is 35.8. The second kappa shape index (κ2) is 6.67. The smallest absolute Gasteiger partial charge is 0.193 e. The summed E-state index contributed by atoms with van der Waals surface area (Å²) in [6.07, 6.45) is 0.864. The zero-order chi connectivity index (χ0) is 20.1. The summed E-state index contributed by atoms with van der Waals surface area (Å²) < 4.78 is 0. The van der Waals surface area contributed by atoms with E-state index in [1.165, 1.54) is 27.1 Å². The van der Waals surface area contributed by atoms with Crippen LogP contribution in [-0.2, 0) is 6.42 Å². The third kappa shape index (κ3) is 2.52. The molecule has 1 nitrogen and oxygen atoms in total. The second-order valence-electron chi connectivity index (χ2n) is 8.06. The van der Waals surface area contributed by atoms with Crippen LogP contribution < -0.4 is 0 Å². The number of hydrogen-bond donors (Lipinski definition) is 0. The van der Waals surface area contributed by atoms with Crippen LogP contribution in [0, 0.1) is 0 Å². The van der Waals surface area contributed by atoms with Gasteiger partial charge < -0.3 is 0 Å². The number of rotatable bonds is 2. The number of hydrogen-bond acceptors (Lipinski definition) is 1. The fraction of sp³-hybridized carbons (Fsp3) is 0.0690. The van der Waals surface area contributed by atoms with Crippen LogP contribution in [0.5, 0.6) is 0 Å². The zero-order valence-corrected chi connectivity index (χ0v) is 16.5. The maximum Gasteiger partial charge on any atom is 0.193 e. The van der Waals surface area contributed by atoms with Crippen molar-refractivity contribution >= 4 is 27.3 Å². The van der Waals surface area contributed by atoms with Crippen LogP contribution in [-0.4, -0.2) is 5.78 Å². The Morgan fingerprint density at radius 1 is 0.567 bits per heavy atom. The van der Waals surface area contributed by atoms with Crippen molar-refractivity contribution in [1.29, 1.82) is 0 Å². The van der Waals surface area contributed by atoms with Crippen molar-refractivity contribution in [3.8, 4) is 0 Å². The van der Waals surface area contributed by atoms with Gasteiger partial charge in [-0.2, -0.15) is 0 Å². The summed E-state index contributed by atoms with van der Waals surface area (Å²) in [5, 5.41) is 5.12. The number of ketones is 1. The van der Waals surface area contributed by atoms with Gasteiger partial charge in [-0.25, -0.2) is 0 Å². The Morgan fingerprint density at radius 2 is 1.03 bits per heavy atom. The average Bonchev–Trinajstić information content (AvgIpc) is 2.81. The first-order valence-corrected chi connectivity index (χ1v) is 10.4. The van der Waals surface area contributed by atoms with E-state index in [1.807, 2.05) is 36.4 Å². The van der Waals surface area contributed by atoms with Crippen LogP contribution in [0.15, 0.2) is 103 Å². The lowest BCUT2D eigenvalue weighted by Gasteiger charge is -2.28. The van der Waals surface area contributed by atoms with Gasteiger partial charge in [-0.3, -0.25) is 4.79 Å². The lowest BCUT2D eigenvalue weighted by Crippen LogP contribution is -2.21. The molecule has 0 spiro atoms. The monoisotopic (exact) mass is 384 g/mol. The van der Waals surface area contributed by atoms with Crippen molar-refractivity contribution in [3.05, 3.63) is 131 Å². The molecule has 1 aliphatic carbocycles. The van der Waals surface area contributed by atoms with Crippen LogP contribution >= 0.6 is 0 Å². The molecule has 0 saturated heterocycles. The van der Waals surface area contributed by atoms with Crippen LogP contribution in [0.25, 0.3) is 21.5 Å². The van der Waals surface area contributed by atoms with Crippen molar-refractivity contribution in [2.75, 3.05) is 0 Å². The molecule has 1 aliphatic rings. The minimum Gasteiger partial charge on any atom is -0.289 e. The van der Waals surface area contributed by atoms with Gasteiger partial charge in [-0.05, 0) is 50.7 Å². The van der Waals surface area contributed by atoms with Crippen molar-refractivity contribution in [3.63, 3.8) is 0 Å². The van der Waals surface area contributed by atoms with Gasteiger partial charge in [-0.1, -0.05) is 97.1 Å². The molecule has 0 atom stereocenters. The Morgan fingerprint density at radius 3 is 1.60 bits per heavy atom. The standard InChI is InChI=1S/C29H20O/c30-29-25-15-7-5-13-23(25)28(24-14-6-8-16-26(24)29)18-27-21-11-3-1-9-19(21)17-20-10-2-4-12-22(20)27/h1-17,28H,18H2. The van der Waals surface area contributed by atoms with Crippen molar-refractivity contribution in [1.82, 2.24) is 0 Å². The van der Waals surface area contributed by atoms with Crippen LogP contribution in [0.3, 0.4) is 0 Å². The summed E-state index contributed by atoms with van der Waals surface area (Å²) in [7, 11) is 0. The van der Waals surface area contributed by atoms with Crippen LogP contribution in [0.1, 0.15) is 38.5 Å². The Hall–Kier alpha value is -3.71. The molecule has 30 heavy (non-hydrogen) atoms. The molecule has 142 valence electrons. The van der Waals surface area contributed by atoms with Gasteiger partial charge >= 0.3 is 0 Å². The first kappa shape index (κ1) is 17.2. The first-order chi connectivity index (χ1) is 14.8. The molecule has 0 aliphatic heterocycles. The molecule has 0 amide bonds. The highest BCUT2D eigenvalue weighted by molar-refractivity contribution is 6.13. The third-order valence-electron chi connectivity index (χ3n) is 6.45. The highest BCUT2D eigenvalue weighted by atomic mass is 16.1. The molecule has 0 unspecified atom stereocenters. The molecule has 1 heteroatoms. The third-order valence-corrected chi connectivity index (χ3v) is 6.45. The van der Waals surface area contributed by atoms with Gasteiger partial charge in [-0.15, -0.1) is 0 Å². The minimum atomic E-state index is 0.139. The Bertz CT molecular complexity index is 1340. The molecule has 5 aromatic carbocycles. The Kier molecular flexibility index (Phi) is 3.82. The fourth-order valence-electron chi connectivity index (χ4n) is 5.08. The zero-order valence-electron chi connectivity index (χ0n) is 16.5. The normalized spacial score (nSPS) is 13.4. The van der Waals surface area contributed by atoms with E-state index in [1.54, 1.807) is 0 Å². The van der Waals surface area contributed by atoms with Gasteiger partial charge in [0.1, 0.15) is 0 Å². The van der Waals surface area contributed by atoms with E-state index in [0.717, 1.165) is 28.7 Å². The quantitative estimate of drug-likeness (QED) is 0.302. The van der Waals surface area contributed by atoms with Gasteiger partial charge in [0.15, 0.2) is 5.78 Å². The molecule has 0 heterocycles. The summed E-state index contributed by atoms with van der Waals surface area (Å²) in [5.41, 5.74) is 5.31. The van der Waals surface area contributed by atoms with Crippen molar-refractivity contribution in [2.24, 2.45) is 0 Å². The molecule has 6 rings (SSSR count). The van der Waals surface area contributed by atoms with Crippen LogP contribution in [0.4, 0.5) is 0 Å². The maximum absolute atomic E-state index is 13.1. The van der Waals surface area contributed by atoms with E-state index in [-0.39, 0.29) is 11.7 Å². The van der Waals surface area contributed by atoms with E-state index in [0.29, 0.717) is 0 Å². The fourth-order valence-corrected chi connectivity index (χ4v) is 5.08. The molecule has 5 aromatic rings. The molecule has 0 aromatic heterocycles. The van der Waals surface area contributed by atoms with Gasteiger partial charge in [0.2, 0.25) is 0 Å². The van der Waals surface area contributed by atoms with Gasteiger partial charge in [0.05, 0.1) is 0 Å². The summed E-state index contributed by atoms with van der Waals surface area (Å²) in [5.74, 6) is 0.296. The SMILES string of the molecule is O=C1c2ccccc2C(Cc2c3ccccc3cc3ccccc23)c2ccccc21. The Labute approximate surface area is 175 Å². The van der Waals surface area contributed by atoms with E-state index >= 15 is 0 Å². The predicted molar refractivity (Wildman–Crippen MR) is 123 cm³/mol. The highest BCUT2D eigenvalue weighted by Gasteiger charge is 2.31. The van der Waals surface area contributed by atoms with Gasteiger partial charge in [0, 0.05) is 17.0 Å². The van der Waals surface area contributed by atoms with Gasteiger partial charge in [0.25, 0.3) is 0 Å². The molecular weight excluding hydrogens is 364 g/mol. The summed E-state index contributed by atoms with van der Waals surface area (Å²) in [6.45, 7) is 0. The largest absolute Gasteiger partial charge is 0.289 e. The number of fused-ring (bicyclic) bond motifs is 4. The lowest BCUT2D eigenvalue weighted by atomic mass is 9.74. The van der Waals surface area contributed by atoms with E-state index in [2.05, 4.69) is 66.7 Å². The van der Waals surface area contributed by atoms with E-state index in [4.69, 9.17) is 0 Å². The molecule has 0 fully saturated rings. The summed E-state index contributed by atoms with van der Waals surface area (Å²) >= 11 is 0. The van der Waals surface area contributed by atoms with Crippen molar-refractivity contribution < 1.29 is 4.79 Å². The highest BCUT2D eigenvalue weighted by Crippen LogP contribution is 2.41. The number of carbonyl (C=O) groups excluding carboxylic acids is 1. The average molecular weight is 384 g/mol. The number of benzene rings is 5. The molecule has 0 radical (unpaired) electrons. The molecule has 0 saturated carbocycles. The minimum absolute atomic E-state index is 0.139. The second-order valence-corrected chi connectivity index (χ2v) is 8.06. The summed E-state index contributed by atoms with van der Waals surface area (Å²) in [4.78, 5) is 13.1. The molecular formula is C29H20O. The van der Waals surface area contributed by atoms with Crippen LogP contribution in [0.2, 0.25) is 0 Å². The first-order valence-electron chi connectivity index (χ1n) is 10.4. The Balaban J connectivity index is 1.63.